The van der Waals surface area contributed by atoms with Gasteiger partial charge in [0, 0.05) is 10.8 Å². The lowest BCUT2D eigenvalue weighted by Gasteiger charge is -2.12. The maximum atomic E-state index is 13.9. The first-order valence-corrected chi connectivity index (χ1v) is 11.2. The highest BCUT2D eigenvalue weighted by atomic mass is 32.1. The van der Waals surface area contributed by atoms with E-state index in [-0.39, 0.29) is 16.5 Å². The average Bonchev–Trinajstić information content (AvgIpc) is 3.41. The zero-order valence-electron chi connectivity index (χ0n) is 18.9. The zero-order valence-corrected chi connectivity index (χ0v) is 19.7. The molecular weight excluding hydrogens is 507 g/mol. The lowest BCUT2D eigenvalue weighted by molar-refractivity contribution is 0.0711. The molecule has 0 unspecified atom stereocenters. The Morgan fingerprint density at radius 1 is 0.917 bits per heavy atom. The van der Waals surface area contributed by atoms with Gasteiger partial charge in [-0.3, -0.25) is 4.79 Å². The fraction of sp³-hybridized carbons (Fsp3) is 0.125. The number of hydrogen-bond acceptors (Lipinski definition) is 6. The maximum Gasteiger partial charge on any atom is 0.349 e. The number of thiophene rings is 1. The number of pyridine rings is 1. The molecule has 0 saturated heterocycles. The van der Waals surface area contributed by atoms with Crippen LogP contribution >= 0.6 is 11.3 Å². The van der Waals surface area contributed by atoms with Crippen LogP contribution in [-0.2, 0) is 0 Å². The number of halogens is 5. The smallest absolute Gasteiger partial charge is 0.349 e. The summed E-state index contributed by atoms with van der Waals surface area (Å²) >= 11 is 1.37. The van der Waals surface area contributed by atoms with Crippen molar-refractivity contribution >= 4 is 39.8 Å². The monoisotopic (exact) mass is 524 g/mol. The highest BCUT2D eigenvalue weighted by molar-refractivity contribution is 7.08. The Hall–Kier alpha value is -4.06. The molecule has 0 saturated carbocycles. The second kappa shape index (κ2) is 11.1. The third-order valence-corrected chi connectivity index (χ3v) is 5.30. The van der Waals surface area contributed by atoms with Crippen LogP contribution in [-0.4, -0.2) is 24.0 Å². The number of carbonyl (C=O) groups is 2. The Morgan fingerprint density at radius 2 is 1.56 bits per heavy atom. The Balaban J connectivity index is 0.00000176. The van der Waals surface area contributed by atoms with Crippen LogP contribution < -0.4 is 14.8 Å². The van der Waals surface area contributed by atoms with Gasteiger partial charge < -0.3 is 14.8 Å². The molecular formula is C24H17F5N2O4S. The van der Waals surface area contributed by atoms with E-state index in [2.05, 4.69) is 15.0 Å². The summed E-state index contributed by atoms with van der Waals surface area (Å²) in [5.74, 6) is -15.7. The van der Waals surface area contributed by atoms with E-state index >= 15 is 0 Å². The number of fused-ring (bicyclic) bond motifs is 1. The Kier molecular flexibility index (Phi) is 8.20. The Bertz CT molecular complexity index is 1420. The number of amides is 1. The molecule has 0 atom stereocenters. The van der Waals surface area contributed by atoms with E-state index in [0.717, 1.165) is 13.2 Å². The Labute approximate surface area is 205 Å². The molecule has 2 aromatic carbocycles. The number of ether oxygens (including phenoxy) is 2. The second-order valence-electron chi connectivity index (χ2n) is 6.68. The largest absolute Gasteiger partial charge is 0.480 e. The van der Waals surface area contributed by atoms with E-state index in [1.807, 2.05) is 13.8 Å². The minimum atomic E-state index is -2.40. The number of carbonyl (C=O) groups excluding carboxylic acids is 2. The molecule has 0 spiro atoms. The molecule has 0 radical (unpaired) electrons. The van der Waals surface area contributed by atoms with Gasteiger partial charge in [-0.2, -0.15) is 20.1 Å². The van der Waals surface area contributed by atoms with Crippen molar-refractivity contribution < 1.29 is 41.0 Å². The Morgan fingerprint density at radius 3 is 2.14 bits per heavy atom. The fourth-order valence-corrected chi connectivity index (χ4v) is 3.61. The molecule has 1 amide bonds. The first-order valence-electron chi connectivity index (χ1n) is 10.3. The number of esters is 1. The lowest BCUT2D eigenvalue weighted by Crippen LogP contribution is -2.16. The molecule has 12 heteroatoms. The lowest BCUT2D eigenvalue weighted by atomic mass is 10.1. The molecule has 6 nitrogen and oxygen atoms in total. The van der Waals surface area contributed by atoms with Gasteiger partial charge in [0.05, 0.1) is 23.9 Å². The van der Waals surface area contributed by atoms with Gasteiger partial charge in [-0.15, -0.1) is 0 Å². The van der Waals surface area contributed by atoms with Crippen LogP contribution in [0, 0.1) is 29.1 Å². The molecule has 36 heavy (non-hydrogen) atoms. The van der Waals surface area contributed by atoms with Crippen molar-refractivity contribution in [1.29, 1.82) is 0 Å². The number of aromatic nitrogens is 1. The third-order valence-electron chi connectivity index (χ3n) is 4.61. The highest BCUT2D eigenvalue weighted by Gasteiger charge is 2.30. The molecule has 188 valence electrons. The van der Waals surface area contributed by atoms with Crippen LogP contribution in [0.25, 0.3) is 10.9 Å². The number of benzene rings is 2. The summed E-state index contributed by atoms with van der Waals surface area (Å²) in [5.41, 5.74) is 0.331. The SMILES string of the molecule is CC.COc1nc2c(C(=O)Nc3ccsc3)cccc2cc1C(=O)Oc1c(F)c(F)c(F)c(F)c1F. The molecule has 0 aliphatic heterocycles. The van der Waals surface area contributed by atoms with Crippen molar-refractivity contribution in [3.8, 4) is 11.6 Å². The van der Waals surface area contributed by atoms with Crippen LogP contribution in [0.4, 0.5) is 27.6 Å². The van der Waals surface area contributed by atoms with Crippen LogP contribution in [0.2, 0.25) is 0 Å². The average molecular weight is 524 g/mol. The second-order valence-corrected chi connectivity index (χ2v) is 7.46. The van der Waals surface area contributed by atoms with E-state index in [1.165, 1.54) is 29.5 Å². The van der Waals surface area contributed by atoms with Crippen LogP contribution in [0.5, 0.6) is 11.6 Å². The maximum absolute atomic E-state index is 13.9. The molecule has 2 heterocycles. The van der Waals surface area contributed by atoms with Crippen LogP contribution in [0.1, 0.15) is 34.6 Å². The van der Waals surface area contributed by atoms with Crippen molar-refractivity contribution in [2.45, 2.75) is 13.8 Å². The molecule has 4 rings (SSSR count). The van der Waals surface area contributed by atoms with E-state index < -0.39 is 58.2 Å². The van der Waals surface area contributed by atoms with Gasteiger partial charge in [0.15, 0.2) is 0 Å². The van der Waals surface area contributed by atoms with Crippen molar-refractivity contribution in [3.63, 3.8) is 0 Å². The number of nitrogens with one attached hydrogen (secondary N) is 1. The summed E-state index contributed by atoms with van der Waals surface area (Å²) in [4.78, 5) is 29.4. The number of para-hydroxylation sites is 1. The fourth-order valence-electron chi connectivity index (χ4n) is 3.02. The van der Waals surface area contributed by atoms with Gasteiger partial charge in [-0.25, -0.2) is 22.9 Å². The predicted octanol–water partition coefficient (Wildman–Crippen LogP) is 6.50. The molecule has 1 N–H and O–H groups in total. The standard InChI is InChI=1S/C22H11F5N2O4S.C2H6/c1-32-21-12(22(31)33-19-16(26)14(24)13(23)15(25)17(19)27)7-9-3-2-4-11(18(9)29-21)20(30)28-10-5-6-34-8-10;1-2/h2-8H,1H3,(H,28,30);1-2H3. The zero-order chi connectivity index (χ0) is 26.6. The highest BCUT2D eigenvalue weighted by Crippen LogP contribution is 2.31. The quantitative estimate of drug-likeness (QED) is 0.106. The van der Waals surface area contributed by atoms with Crippen molar-refractivity contribution in [2.24, 2.45) is 0 Å². The van der Waals surface area contributed by atoms with Crippen LogP contribution in [0.3, 0.4) is 0 Å². The number of rotatable bonds is 5. The molecule has 4 aromatic rings. The summed E-state index contributed by atoms with van der Waals surface area (Å²) in [7, 11) is 1.12. The van der Waals surface area contributed by atoms with E-state index in [1.54, 1.807) is 16.8 Å². The summed E-state index contributed by atoms with van der Waals surface area (Å²) in [6.45, 7) is 4.00. The van der Waals surface area contributed by atoms with Crippen molar-refractivity contribution in [3.05, 3.63) is 81.3 Å². The number of hydrogen-bond donors (Lipinski definition) is 1. The van der Waals surface area contributed by atoms with Crippen LogP contribution in [0.15, 0.2) is 41.1 Å². The van der Waals surface area contributed by atoms with Crippen molar-refractivity contribution in [2.75, 3.05) is 12.4 Å². The van der Waals surface area contributed by atoms with Gasteiger partial charge in [-0.05, 0) is 23.6 Å². The minimum absolute atomic E-state index is 0.125. The normalized spacial score (nSPS) is 10.4. The first kappa shape index (κ1) is 26.5. The summed E-state index contributed by atoms with van der Waals surface area (Å²) in [6, 6.07) is 7.30. The number of nitrogens with zero attached hydrogens (tertiary/aromatic N) is 1. The summed E-state index contributed by atoms with van der Waals surface area (Å²) < 4.78 is 77.5. The molecule has 0 aliphatic carbocycles. The topological polar surface area (TPSA) is 77.5 Å². The summed E-state index contributed by atoms with van der Waals surface area (Å²) in [6.07, 6.45) is 0. The number of anilines is 1. The first-order chi connectivity index (χ1) is 17.2. The summed E-state index contributed by atoms with van der Waals surface area (Å²) in [5, 5.41) is 6.40. The third kappa shape index (κ3) is 4.98. The van der Waals surface area contributed by atoms with Gasteiger partial charge in [-0.1, -0.05) is 26.0 Å². The van der Waals surface area contributed by atoms with Crippen molar-refractivity contribution in [1.82, 2.24) is 4.98 Å². The van der Waals surface area contributed by atoms with Gasteiger partial charge in [0.1, 0.15) is 5.56 Å². The predicted molar refractivity (Wildman–Crippen MR) is 123 cm³/mol. The minimum Gasteiger partial charge on any atom is -0.480 e. The molecule has 0 bridgehead atoms. The van der Waals surface area contributed by atoms with Gasteiger partial charge in [0.2, 0.25) is 40.7 Å². The van der Waals surface area contributed by atoms with Gasteiger partial charge >= 0.3 is 5.97 Å². The number of methoxy groups -OCH3 is 1. The molecule has 0 aliphatic rings. The molecule has 2 aromatic heterocycles. The molecule has 0 fully saturated rings. The van der Waals surface area contributed by atoms with E-state index in [9.17, 15) is 31.5 Å². The van der Waals surface area contributed by atoms with E-state index in [0.29, 0.717) is 5.69 Å². The van der Waals surface area contributed by atoms with E-state index in [4.69, 9.17) is 4.74 Å². The van der Waals surface area contributed by atoms with Gasteiger partial charge in [0.25, 0.3) is 5.91 Å².